The lowest BCUT2D eigenvalue weighted by atomic mass is 9.91. The third-order valence-corrected chi connectivity index (χ3v) is 3.47. The van der Waals surface area contributed by atoms with Gasteiger partial charge in [0.2, 0.25) is 0 Å². The maximum atomic E-state index is 8.93. The van der Waals surface area contributed by atoms with Crippen LogP contribution in [0.25, 0.3) is 5.52 Å². The van der Waals surface area contributed by atoms with Crippen LogP contribution >= 0.6 is 0 Å². The van der Waals surface area contributed by atoms with Crippen LogP contribution in [0, 0.1) is 11.3 Å². The zero-order valence-electron chi connectivity index (χ0n) is 9.56. The molecule has 0 amide bonds. The first-order valence-corrected chi connectivity index (χ1v) is 5.96. The van der Waals surface area contributed by atoms with Gasteiger partial charge < -0.3 is 5.32 Å². The number of nitrogens with one attached hydrogen (secondary N) is 1. The highest BCUT2D eigenvalue weighted by Gasteiger charge is 2.16. The van der Waals surface area contributed by atoms with E-state index in [1.54, 1.807) is 6.20 Å². The van der Waals surface area contributed by atoms with Crippen molar-refractivity contribution in [2.75, 3.05) is 13.1 Å². The molecule has 1 aliphatic heterocycles. The minimum absolute atomic E-state index is 0.621. The molecule has 3 rings (SSSR count). The third kappa shape index (κ3) is 1.79. The number of pyridine rings is 1. The van der Waals surface area contributed by atoms with Gasteiger partial charge in [-0.25, -0.2) is 4.52 Å². The zero-order chi connectivity index (χ0) is 11.7. The summed E-state index contributed by atoms with van der Waals surface area (Å²) in [5.41, 5.74) is 2.86. The molecule has 1 N–H and O–H groups in total. The van der Waals surface area contributed by atoms with Crippen molar-refractivity contribution in [3.8, 4) is 6.07 Å². The van der Waals surface area contributed by atoms with Crippen molar-refractivity contribution < 1.29 is 0 Å². The van der Waals surface area contributed by atoms with E-state index in [4.69, 9.17) is 5.26 Å². The largest absolute Gasteiger partial charge is 0.317 e. The predicted molar refractivity (Wildman–Crippen MR) is 64.8 cm³/mol. The average molecular weight is 226 g/mol. The Labute approximate surface area is 99.9 Å². The molecule has 0 radical (unpaired) electrons. The van der Waals surface area contributed by atoms with Gasteiger partial charge in [-0.2, -0.15) is 10.4 Å². The zero-order valence-corrected chi connectivity index (χ0v) is 9.56. The van der Waals surface area contributed by atoms with Crippen molar-refractivity contribution in [3.05, 3.63) is 35.7 Å². The lowest BCUT2D eigenvalue weighted by Crippen LogP contribution is -2.26. The second kappa shape index (κ2) is 4.19. The Morgan fingerprint density at radius 1 is 1.35 bits per heavy atom. The van der Waals surface area contributed by atoms with E-state index < -0.39 is 0 Å². The SMILES string of the molecule is N#Cc1cnn2cc(C3CCNCC3)ccc12. The number of nitrogens with zero attached hydrogens (tertiary/aromatic N) is 3. The fourth-order valence-corrected chi connectivity index (χ4v) is 2.48. The van der Waals surface area contributed by atoms with Gasteiger partial charge in [-0.3, -0.25) is 0 Å². The van der Waals surface area contributed by atoms with Crippen LogP contribution in [0.5, 0.6) is 0 Å². The molecule has 0 spiro atoms. The van der Waals surface area contributed by atoms with Gasteiger partial charge in [0.05, 0.1) is 17.3 Å². The number of rotatable bonds is 1. The molecular formula is C13H14N4. The van der Waals surface area contributed by atoms with E-state index >= 15 is 0 Å². The molecule has 2 aromatic heterocycles. The molecule has 1 fully saturated rings. The topological polar surface area (TPSA) is 53.1 Å². The highest BCUT2D eigenvalue weighted by Crippen LogP contribution is 2.25. The Hall–Kier alpha value is -1.86. The number of hydrogen-bond donors (Lipinski definition) is 1. The maximum absolute atomic E-state index is 8.93. The van der Waals surface area contributed by atoms with Gasteiger partial charge >= 0.3 is 0 Å². The smallest absolute Gasteiger partial charge is 0.103 e. The summed E-state index contributed by atoms with van der Waals surface area (Å²) in [6.45, 7) is 2.18. The van der Waals surface area contributed by atoms with E-state index in [-0.39, 0.29) is 0 Å². The van der Waals surface area contributed by atoms with Crippen molar-refractivity contribution in [1.82, 2.24) is 14.9 Å². The summed E-state index contributed by atoms with van der Waals surface area (Å²) in [5, 5.41) is 16.5. The van der Waals surface area contributed by atoms with Crippen LogP contribution in [0.1, 0.15) is 29.9 Å². The molecule has 2 aromatic rings. The monoisotopic (exact) mass is 226 g/mol. The lowest BCUT2D eigenvalue weighted by molar-refractivity contribution is 0.459. The van der Waals surface area contributed by atoms with Gasteiger partial charge in [-0.15, -0.1) is 0 Å². The lowest BCUT2D eigenvalue weighted by Gasteiger charge is -2.22. The molecule has 3 heterocycles. The molecule has 0 unspecified atom stereocenters. The molecule has 0 bridgehead atoms. The second-order valence-electron chi connectivity index (χ2n) is 4.49. The van der Waals surface area contributed by atoms with Gasteiger partial charge in [0.25, 0.3) is 0 Å². The molecule has 0 aliphatic carbocycles. The van der Waals surface area contributed by atoms with E-state index in [1.807, 2.05) is 10.6 Å². The summed E-state index contributed by atoms with van der Waals surface area (Å²) in [6, 6.07) is 6.29. The predicted octanol–water partition coefficient (Wildman–Crippen LogP) is 1.67. The average Bonchev–Trinajstić information content (AvgIpc) is 2.81. The van der Waals surface area contributed by atoms with Crippen LogP contribution < -0.4 is 5.32 Å². The second-order valence-corrected chi connectivity index (χ2v) is 4.49. The fraction of sp³-hybridized carbons (Fsp3) is 0.385. The number of aromatic nitrogens is 2. The van der Waals surface area contributed by atoms with E-state index in [9.17, 15) is 0 Å². The van der Waals surface area contributed by atoms with Crippen molar-refractivity contribution >= 4 is 5.52 Å². The summed E-state index contributed by atoms with van der Waals surface area (Å²) in [7, 11) is 0. The Balaban J connectivity index is 1.99. The van der Waals surface area contributed by atoms with Crippen LogP contribution in [0.3, 0.4) is 0 Å². The van der Waals surface area contributed by atoms with Gasteiger partial charge in [0.15, 0.2) is 0 Å². The molecule has 0 saturated carbocycles. The molecular weight excluding hydrogens is 212 g/mol. The Morgan fingerprint density at radius 3 is 2.94 bits per heavy atom. The van der Waals surface area contributed by atoms with Gasteiger partial charge in [-0.05, 0) is 43.5 Å². The highest BCUT2D eigenvalue weighted by molar-refractivity contribution is 5.60. The summed E-state index contributed by atoms with van der Waals surface area (Å²) in [4.78, 5) is 0. The maximum Gasteiger partial charge on any atom is 0.103 e. The van der Waals surface area contributed by atoms with E-state index in [0.717, 1.165) is 18.6 Å². The molecule has 1 saturated heterocycles. The summed E-state index contributed by atoms with van der Waals surface area (Å²) in [5.74, 6) is 0.621. The van der Waals surface area contributed by atoms with Gasteiger partial charge in [-0.1, -0.05) is 6.07 Å². The molecule has 0 aromatic carbocycles. The first-order chi connectivity index (χ1) is 8.38. The van der Waals surface area contributed by atoms with Crippen LogP contribution in [-0.2, 0) is 0 Å². The van der Waals surface area contributed by atoms with Crippen LogP contribution in [-0.4, -0.2) is 22.7 Å². The highest BCUT2D eigenvalue weighted by atomic mass is 15.2. The Kier molecular flexibility index (Phi) is 2.54. The molecule has 86 valence electrons. The first kappa shape index (κ1) is 10.3. The van der Waals surface area contributed by atoms with Crippen LogP contribution in [0.15, 0.2) is 24.5 Å². The van der Waals surface area contributed by atoms with Crippen LogP contribution in [0.4, 0.5) is 0 Å². The van der Waals surface area contributed by atoms with Crippen molar-refractivity contribution in [2.45, 2.75) is 18.8 Å². The molecule has 4 heteroatoms. The molecule has 1 aliphatic rings. The van der Waals surface area contributed by atoms with Crippen molar-refractivity contribution in [2.24, 2.45) is 0 Å². The standard InChI is InChI=1S/C13H14N4/c14-7-12-8-16-17-9-11(1-2-13(12)17)10-3-5-15-6-4-10/h1-2,8-10,15H,3-6H2. The normalized spacial score (nSPS) is 17.1. The Bertz CT molecular complexity index is 573. The quantitative estimate of drug-likeness (QED) is 0.804. The number of hydrogen-bond acceptors (Lipinski definition) is 3. The Morgan fingerprint density at radius 2 is 2.18 bits per heavy atom. The molecule has 4 nitrogen and oxygen atoms in total. The van der Waals surface area contributed by atoms with E-state index in [1.165, 1.54) is 18.4 Å². The summed E-state index contributed by atoms with van der Waals surface area (Å²) in [6.07, 6.45) is 6.05. The van der Waals surface area contributed by atoms with Crippen molar-refractivity contribution in [3.63, 3.8) is 0 Å². The minimum atomic E-state index is 0.621. The number of fused-ring (bicyclic) bond motifs is 1. The number of nitriles is 1. The van der Waals surface area contributed by atoms with Crippen molar-refractivity contribution in [1.29, 1.82) is 5.26 Å². The number of piperidine rings is 1. The molecule has 0 atom stereocenters. The molecule has 17 heavy (non-hydrogen) atoms. The van der Waals surface area contributed by atoms with Crippen LogP contribution in [0.2, 0.25) is 0 Å². The summed E-state index contributed by atoms with van der Waals surface area (Å²) < 4.78 is 1.82. The third-order valence-electron chi connectivity index (χ3n) is 3.47. The van der Waals surface area contributed by atoms with Gasteiger partial charge in [0, 0.05) is 6.20 Å². The summed E-state index contributed by atoms with van der Waals surface area (Å²) >= 11 is 0. The van der Waals surface area contributed by atoms with E-state index in [2.05, 4.69) is 28.7 Å². The van der Waals surface area contributed by atoms with Gasteiger partial charge in [0.1, 0.15) is 6.07 Å². The minimum Gasteiger partial charge on any atom is -0.317 e. The first-order valence-electron chi connectivity index (χ1n) is 5.96. The van der Waals surface area contributed by atoms with E-state index in [0.29, 0.717) is 11.5 Å². The fourth-order valence-electron chi connectivity index (χ4n) is 2.48.